The molecule has 0 spiro atoms. The average molecular weight is 274 g/mol. The summed E-state index contributed by atoms with van der Waals surface area (Å²) < 4.78 is 14.0. The molecule has 3 heteroatoms. The number of rotatable bonds is 7. The summed E-state index contributed by atoms with van der Waals surface area (Å²) in [5.41, 5.74) is 3.45. The summed E-state index contributed by atoms with van der Waals surface area (Å²) in [6.07, 6.45) is 4.28. The lowest BCUT2D eigenvalue weighted by atomic mass is 10.0. The second kappa shape index (κ2) is 7.53. The number of aryl methyl sites for hydroxylation is 1. The Morgan fingerprint density at radius 1 is 1.40 bits per heavy atom. The maximum Gasteiger partial charge on any atom is 0.128 e. The Hall–Kier alpha value is -2.03. The fourth-order valence-electron chi connectivity index (χ4n) is 2.02. The minimum Gasteiger partial charge on any atom is -0.384 e. The molecule has 0 aromatic heterocycles. The highest BCUT2D eigenvalue weighted by molar-refractivity contribution is 5.27. The third-order valence-electron chi connectivity index (χ3n) is 2.92. The van der Waals surface area contributed by atoms with Gasteiger partial charge in [0.1, 0.15) is 5.82 Å². The van der Waals surface area contributed by atoms with Crippen molar-refractivity contribution in [3.8, 4) is 0 Å². The van der Waals surface area contributed by atoms with Crippen molar-refractivity contribution >= 4 is 0 Å². The first-order valence-corrected chi connectivity index (χ1v) is 6.66. The lowest BCUT2D eigenvalue weighted by Gasteiger charge is -2.18. The molecule has 1 aromatic rings. The summed E-state index contributed by atoms with van der Waals surface area (Å²) in [7, 11) is 0. The third-order valence-corrected chi connectivity index (χ3v) is 2.92. The quantitative estimate of drug-likeness (QED) is 0.773. The minimum atomic E-state index is -0.191. The Bertz CT molecular complexity index is 518. The van der Waals surface area contributed by atoms with Crippen LogP contribution in [0.5, 0.6) is 0 Å². The van der Waals surface area contributed by atoms with Gasteiger partial charge >= 0.3 is 0 Å². The fourth-order valence-corrected chi connectivity index (χ4v) is 2.02. The predicted octanol–water partition coefficient (Wildman–Crippen LogP) is 4.33. The lowest BCUT2D eigenvalue weighted by Crippen LogP contribution is -2.17. The number of benzene rings is 1. The highest BCUT2D eigenvalue weighted by atomic mass is 19.1. The van der Waals surface area contributed by atoms with E-state index in [-0.39, 0.29) is 11.9 Å². The van der Waals surface area contributed by atoms with Crippen molar-refractivity contribution in [3.05, 3.63) is 72.0 Å². The van der Waals surface area contributed by atoms with E-state index >= 15 is 0 Å². The van der Waals surface area contributed by atoms with E-state index in [1.165, 1.54) is 0 Å². The van der Waals surface area contributed by atoms with E-state index in [2.05, 4.69) is 23.8 Å². The van der Waals surface area contributed by atoms with Crippen LogP contribution in [0.2, 0.25) is 0 Å². The van der Waals surface area contributed by atoms with Gasteiger partial charge in [-0.15, -0.1) is 0 Å². The van der Waals surface area contributed by atoms with Gasteiger partial charge in [-0.25, -0.2) is 4.39 Å². The van der Waals surface area contributed by atoms with Gasteiger partial charge in [0.15, 0.2) is 0 Å². The maximum absolute atomic E-state index is 14.0. The van der Waals surface area contributed by atoms with Crippen molar-refractivity contribution < 1.29 is 4.39 Å². The Morgan fingerprint density at radius 2 is 2.10 bits per heavy atom. The first-order valence-electron chi connectivity index (χ1n) is 6.66. The molecule has 0 saturated heterocycles. The molecule has 0 amide bonds. The van der Waals surface area contributed by atoms with Gasteiger partial charge in [-0.1, -0.05) is 31.4 Å². The van der Waals surface area contributed by atoms with Crippen molar-refractivity contribution in [2.24, 2.45) is 0 Å². The van der Waals surface area contributed by atoms with Crippen molar-refractivity contribution in [3.63, 3.8) is 0 Å². The fraction of sp³-hybridized carbons (Fsp3) is 0.294. The van der Waals surface area contributed by atoms with Crippen LogP contribution in [0.3, 0.4) is 0 Å². The molecule has 1 unspecified atom stereocenters. The van der Waals surface area contributed by atoms with Crippen LogP contribution in [0, 0.1) is 12.7 Å². The van der Waals surface area contributed by atoms with Crippen LogP contribution in [0.15, 0.2) is 55.0 Å². The highest BCUT2D eigenvalue weighted by Crippen LogP contribution is 2.22. The van der Waals surface area contributed by atoms with Crippen LogP contribution in [0.25, 0.3) is 0 Å². The zero-order chi connectivity index (χ0) is 15.1. The van der Waals surface area contributed by atoms with Gasteiger partial charge in [0.2, 0.25) is 0 Å². The summed E-state index contributed by atoms with van der Waals surface area (Å²) in [6.45, 7) is 13.2. The molecule has 1 atom stereocenters. The van der Waals surface area contributed by atoms with Gasteiger partial charge in [-0.05, 0) is 45.0 Å². The van der Waals surface area contributed by atoms with E-state index in [0.717, 1.165) is 17.0 Å². The average Bonchev–Trinajstić information content (AvgIpc) is 2.34. The van der Waals surface area contributed by atoms with E-state index in [1.54, 1.807) is 12.3 Å². The Balaban J connectivity index is 2.88. The smallest absolute Gasteiger partial charge is 0.128 e. The van der Waals surface area contributed by atoms with E-state index in [0.29, 0.717) is 12.0 Å². The molecule has 20 heavy (non-hydrogen) atoms. The van der Waals surface area contributed by atoms with Crippen molar-refractivity contribution in [1.29, 1.82) is 0 Å². The molecule has 0 bridgehead atoms. The number of hydrogen-bond acceptors (Lipinski definition) is 2. The normalized spacial score (nSPS) is 12.7. The summed E-state index contributed by atoms with van der Waals surface area (Å²) >= 11 is 0. The SMILES string of the molecule is C=CNC(C/C=C(/C)NC(=C)C)c1ccc(C)cc1F. The second-order valence-corrected chi connectivity index (χ2v) is 4.98. The second-order valence-electron chi connectivity index (χ2n) is 4.98. The van der Waals surface area contributed by atoms with Gasteiger partial charge < -0.3 is 10.6 Å². The molecule has 2 N–H and O–H groups in total. The topological polar surface area (TPSA) is 24.1 Å². The van der Waals surface area contributed by atoms with E-state index in [4.69, 9.17) is 0 Å². The number of hydrogen-bond donors (Lipinski definition) is 2. The van der Waals surface area contributed by atoms with Gasteiger partial charge in [-0.3, -0.25) is 0 Å². The molecule has 0 saturated carbocycles. The lowest BCUT2D eigenvalue weighted by molar-refractivity contribution is 0.551. The zero-order valence-electron chi connectivity index (χ0n) is 12.5. The zero-order valence-corrected chi connectivity index (χ0v) is 12.5. The van der Waals surface area contributed by atoms with Crippen LogP contribution in [-0.2, 0) is 0 Å². The Labute approximate surface area is 121 Å². The molecule has 0 aliphatic heterocycles. The monoisotopic (exact) mass is 274 g/mol. The molecular formula is C17H23FN2. The molecule has 2 nitrogen and oxygen atoms in total. The number of halogens is 1. The van der Waals surface area contributed by atoms with Gasteiger partial charge in [0.25, 0.3) is 0 Å². The van der Waals surface area contributed by atoms with Crippen LogP contribution < -0.4 is 10.6 Å². The van der Waals surface area contributed by atoms with Gasteiger partial charge in [0.05, 0.1) is 6.04 Å². The Morgan fingerprint density at radius 3 is 2.65 bits per heavy atom. The molecule has 1 rings (SSSR count). The first kappa shape index (κ1) is 16.0. The summed E-state index contributed by atoms with van der Waals surface area (Å²) in [6, 6.07) is 5.16. The van der Waals surface area contributed by atoms with Crippen LogP contribution in [0.4, 0.5) is 4.39 Å². The van der Waals surface area contributed by atoms with E-state index in [9.17, 15) is 4.39 Å². The molecular weight excluding hydrogens is 251 g/mol. The Kier molecular flexibility index (Phi) is 6.04. The number of allylic oxidation sites excluding steroid dienone is 2. The van der Waals surface area contributed by atoms with Crippen molar-refractivity contribution in [2.45, 2.75) is 33.2 Å². The van der Waals surface area contributed by atoms with Crippen LogP contribution in [0.1, 0.15) is 37.4 Å². The van der Waals surface area contributed by atoms with Crippen molar-refractivity contribution in [1.82, 2.24) is 10.6 Å². The van der Waals surface area contributed by atoms with E-state index < -0.39 is 0 Å². The standard InChI is InChI=1S/C17H23FN2/c1-6-19-17(10-8-14(5)20-12(2)3)15-9-7-13(4)11-16(15)18/h6-9,11,17,19-20H,1-2,10H2,3-5H3/b14-8-. The molecule has 0 radical (unpaired) electrons. The van der Waals surface area contributed by atoms with Crippen LogP contribution >= 0.6 is 0 Å². The molecule has 0 heterocycles. The van der Waals surface area contributed by atoms with Crippen LogP contribution in [-0.4, -0.2) is 0 Å². The summed E-state index contributed by atoms with van der Waals surface area (Å²) in [5.74, 6) is -0.191. The third kappa shape index (κ3) is 4.92. The molecule has 1 aromatic carbocycles. The molecule has 0 fully saturated rings. The van der Waals surface area contributed by atoms with E-state index in [1.807, 2.05) is 39.0 Å². The molecule has 0 aliphatic rings. The maximum atomic E-state index is 14.0. The minimum absolute atomic E-state index is 0.130. The summed E-state index contributed by atoms with van der Waals surface area (Å²) in [5, 5.41) is 6.23. The summed E-state index contributed by atoms with van der Waals surface area (Å²) in [4.78, 5) is 0. The predicted molar refractivity (Wildman–Crippen MR) is 83.5 cm³/mol. The molecule has 0 aliphatic carbocycles. The highest BCUT2D eigenvalue weighted by Gasteiger charge is 2.13. The number of nitrogens with one attached hydrogen (secondary N) is 2. The van der Waals surface area contributed by atoms with Crippen molar-refractivity contribution in [2.75, 3.05) is 0 Å². The van der Waals surface area contributed by atoms with Gasteiger partial charge in [-0.2, -0.15) is 0 Å². The molecule has 108 valence electrons. The van der Waals surface area contributed by atoms with Gasteiger partial charge in [0, 0.05) is 17.0 Å². The first-order chi connectivity index (χ1) is 9.43. The largest absolute Gasteiger partial charge is 0.384 e.